The molecule has 18 heavy (non-hydrogen) atoms. The molecule has 1 aromatic rings. The molecule has 0 bridgehead atoms. The molecule has 4 heteroatoms. The number of carbonyl (C=O) groups excluding carboxylic acids is 1. The Hall–Kier alpha value is -1.06. The van der Waals surface area contributed by atoms with Crippen molar-refractivity contribution in [3.8, 4) is 0 Å². The van der Waals surface area contributed by atoms with Crippen molar-refractivity contribution in [2.75, 3.05) is 19.8 Å². The van der Waals surface area contributed by atoms with Crippen molar-refractivity contribution in [2.24, 2.45) is 5.92 Å². The smallest absolute Gasteiger partial charge is 0.223 e. The van der Waals surface area contributed by atoms with Crippen LogP contribution in [0.1, 0.15) is 18.4 Å². The van der Waals surface area contributed by atoms with E-state index >= 15 is 0 Å². The summed E-state index contributed by atoms with van der Waals surface area (Å²) in [6, 6.07) is 7.73. The second kappa shape index (κ2) is 6.76. The molecule has 0 unspecified atom stereocenters. The van der Waals surface area contributed by atoms with Crippen LogP contribution in [-0.4, -0.2) is 25.7 Å². The predicted octanol–water partition coefficient (Wildman–Crippen LogP) is 2.43. The molecule has 0 radical (unpaired) electrons. The zero-order chi connectivity index (χ0) is 12.8. The maximum Gasteiger partial charge on any atom is 0.223 e. The van der Waals surface area contributed by atoms with Gasteiger partial charge in [-0.15, -0.1) is 0 Å². The number of rotatable bonds is 4. The molecule has 1 aliphatic heterocycles. The van der Waals surface area contributed by atoms with Gasteiger partial charge in [0.1, 0.15) is 0 Å². The van der Waals surface area contributed by atoms with Crippen molar-refractivity contribution < 1.29 is 9.53 Å². The van der Waals surface area contributed by atoms with E-state index in [9.17, 15) is 4.79 Å². The van der Waals surface area contributed by atoms with Crippen molar-refractivity contribution in [1.29, 1.82) is 0 Å². The summed E-state index contributed by atoms with van der Waals surface area (Å²) in [6.07, 6.45) is 2.49. The minimum atomic E-state index is 0.123. The topological polar surface area (TPSA) is 38.3 Å². The highest BCUT2D eigenvalue weighted by molar-refractivity contribution is 6.30. The Morgan fingerprint density at radius 2 is 2.17 bits per heavy atom. The van der Waals surface area contributed by atoms with Gasteiger partial charge in [-0.25, -0.2) is 0 Å². The van der Waals surface area contributed by atoms with Crippen molar-refractivity contribution in [3.63, 3.8) is 0 Å². The fourth-order valence-corrected chi connectivity index (χ4v) is 2.34. The van der Waals surface area contributed by atoms with Gasteiger partial charge in [-0.05, 0) is 37.0 Å². The molecule has 1 fully saturated rings. The molecule has 0 saturated carbocycles. The van der Waals surface area contributed by atoms with Gasteiger partial charge in [0.05, 0.1) is 0 Å². The van der Waals surface area contributed by atoms with Crippen molar-refractivity contribution in [3.05, 3.63) is 34.9 Å². The van der Waals surface area contributed by atoms with Gasteiger partial charge < -0.3 is 10.1 Å². The van der Waals surface area contributed by atoms with Crippen LogP contribution < -0.4 is 5.32 Å². The number of halogens is 1. The molecule has 1 N–H and O–H groups in total. The Balaban J connectivity index is 1.73. The minimum Gasteiger partial charge on any atom is -0.381 e. The molecule has 0 spiro atoms. The summed E-state index contributed by atoms with van der Waals surface area (Å²) in [5.41, 5.74) is 1.15. The van der Waals surface area contributed by atoms with Crippen LogP contribution in [-0.2, 0) is 16.0 Å². The third-order valence-electron chi connectivity index (χ3n) is 3.19. The second-order valence-corrected chi connectivity index (χ2v) is 4.99. The van der Waals surface area contributed by atoms with Gasteiger partial charge in [-0.2, -0.15) is 0 Å². The molecular weight excluding hydrogens is 250 g/mol. The Kier molecular flexibility index (Phi) is 5.02. The summed E-state index contributed by atoms with van der Waals surface area (Å²) < 4.78 is 5.24. The standard InChI is InChI=1S/C14H18ClNO2/c15-13-3-1-2-11(10-13)4-7-16-14(17)12-5-8-18-9-6-12/h1-3,10,12H,4-9H2,(H,16,17). The summed E-state index contributed by atoms with van der Waals surface area (Å²) in [5, 5.41) is 3.72. The Bertz CT molecular complexity index is 403. The highest BCUT2D eigenvalue weighted by atomic mass is 35.5. The van der Waals surface area contributed by atoms with Crippen LogP contribution in [0.15, 0.2) is 24.3 Å². The molecular formula is C14H18ClNO2. The molecule has 0 aliphatic carbocycles. The molecule has 3 nitrogen and oxygen atoms in total. The Morgan fingerprint density at radius 3 is 2.89 bits per heavy atom. The van der Waals surface area contributed by atoms with Crippen molar-refractivity contribution in [2.45, 2.75) is 19.3 Å². The van der Waals surface area contributed by atoms with Gasteiger partial charge in [-0.3, -0.25) is 4.79 Å². The van der Waals surface area contributed by atoms with E-state index in [0.29, 0.717) is 19.8 Å². The van der Waals surface area contributed by atoms with Crippen LogP contribution in [0.3, 0.4) is 0 Å². The lowest BCUT2D eigenvalue weighted by Gasteiger charge is -2.21. The number of benzene rings is 1. The molecule has 0 aromatic heterocycles. The van der Waals surface area contributed by atoms with E-state index in [1.807, 2.05) is 24.3 Å². The molecule has 0 atom stereocenters. The van der Waals surface area contributed by atoms with E-state index in [4.69, 9.17) is 16.3 Å². The summed E-state index contributed by atoms with van der Waals surface area (Å²) in [5.74, 6) is 0.276. The first kappa shape index (κ1) is 13.4. The van der Waals surface area contributed by atoms with Crippen LogP contribution in [0.2, 0.25) is 5.02 Å². The fraction of sp³-hybridized carbons (Fsp3) is 0.500. The number of amides is 1. The van der Waals surface area contributed by atoms with Crippen LogP contribution in [0.4, 0.5) is 0 Å². The van der Waals surface area contributed by atoms with Gasteiger partial charge in [-0.1, -0.05) is 23.7 Å². The third-order valence-corrected chi connectivity index (χ3v) is 3.43. The van der Waals surface area contributed by atoms with Crippen LogP contribution in [0.5, 0.6) is 0 Å². The largest absolute Gasteiger partial charge is 0.381 e. The second-order valence-electron chi connectivity index (χ2n) is 4.56. The van der Waals surface area contributed by atoms with Gasteiger partial charge in [0.25, 0.3) is 0 Å². The first-order valence-corrected chi connectivity index (χ1v) is 6.73. The summed E-state index contributed by atoms with van der Waals surface area (Å²) >= 11 is 5.91. The SMILES string of the molecule is O=C(NCCc1cccc(Cl)c1)C1CCOCC1. The van der Waals surface area contributed by atoms with Gasteiger partial charge in [0, 0.05) is 30.7 Å². The van der Waals surface area contributed by atoms with Crippen LogP contribution >= 0.6 is 11.6 Å². The van der Waals surface area contributed by atoms with Crippen molar-refractivity contribution in [1.82, 2.24) is 5.32 Å². The van der Waals surface area contributed by atoms with E-state index < -0.39 is 0 Å². The van der Waals surface area contributed by atoms with Crippen molar-refractivity contribution >= 4 is 17.5 Å². The lowest BCUT2D eigenvalue weighted by molar-refractivity contribution is -0.127. The van der Waals surface area contributed by atoms with E-state index in [-0.39, 0.29) is 11.8 Å². The molecule has 2 rings (SSSR count). The Labute approximate surface area is 112 Å². The number of carbonyl (C=O) groups is 1. The number of hydrogen-bond donors (Lipinski definition) is 1. The zero-order valence-electron chi connectivity index (χ0n) is 10.3. The molecule has 1 heterocycles. The summed E-state index contributed by atoms with van der Waals surface area (Å²) in [7, 11) is 0. The monoisotopic (exact) mass is 267 g/mol. The van der Waals surface area contributed by atoms with E-state index in [2.05, 4.69) is 5.32 Å². The fourth-order valence-electron chi connectivity index (χ4n) is 2.13. The highest BCUT2D eigenvalue weighted by Crippen LogP contribution is 2.14. The molecule has 1 aliphatic rings. The quantitative estimate of drug-likeness (QED) is 0.910. The molecule has 98 valence electrons. The zero-order valence-corrected chi connectivity index (χ0v) is 11.1. The number of ether oxygens (including phenoxy) is 1. The van der Waals surface area contributed by atoms with Gasteiger partial charge >= 0.3 is 0 Å². The number of hydrogen-bond acceptors (Lipinski definition) is 2. The van der Waals surface area contributed by atoms with E-state index in [1.165, 1.54) is 0 Å². The minimum absolute atomic E-state index is 0.123. The first-order valence-electron chi connectivity index (χ1n) is 6.35. The van der Waals surface area contributed by atoms with Crippen LogP contribution in [0.25, 0.3) is 0 Å². The lowest BCUT2D eigenvalue weighted by Crippen LogP contribution is -2.35. The predicted molar refractivity (Wildman–Crippen MR) is 71.7 cm³/mol. The lowest BCUT2D eigenvalue weighted by atomic mass is 9.99. The molecule has 1 saturated heterocycles. The van der Waals surface area contributed by atoms with E-state index in [0.717, 1.165) is 29.8 Å². The summed E-state index contributed by atoms with van der Waals surface area (Å²) in [6.45, 7) is 2.06. The maximum atomic E-state index is 11.9. The average Bonchev–Trinajstić information content (AvgIpc) is 2.40. The normalized spacial score (nSPS) is 16.5. The Morgan fingerprint density at radius 1 is 1.39 bits per heavy atom. The molecule has 1 aromatic carbocycles. The number of nitrogens with one attached hydrogen (secondary N) is 1. The van der Waals surface area contributed by atoms with Crippen LogP contribution in [0, 0.1) is 5.92 Å². The maximum absolute atomic E-state index is 11.9. The van der Waals surface area contributed by atoms with E-state index in [1.54, 1.807) is 0 Å². The average molecular weight is 268 g/mol. The highest BCUT2D eigenvalue weighted by Gasteiger charge is 2.20. The van der Waals surface area contributed by atoms with Gasteiger partial charge in [0.15, 0.2) is 0 Å². The third kappa shape index (κ3) is 4.00. The van der Waals surface area contributed by atoms with Gasteiger partial charge in [0.2, 0.25) is 5.91 Å². The summed E-state index contributed by atoms with van der Waals surface area (Å²) in [4.78, 5) is 11.9. The first-order chi connectivity index (χ1) is 8.75. The molecule has 1 amide bonds.